The normalized spacial score (nSPS) is 14.7. The van der Waals surface area contributed by atoms with E-state index >= 15 is 0 Å². The van der Waals surface area contributed by atoms with Crippen molar-refractivity contribution in [1.82, 2.24) is 19.8 Å². The van der Waals surface area contributed by atoms with Crippen molar-refractivity contribution in [2.45, 2.75) is 13.0 Å². The number of ether oxygens (including phenoxy) is 2. The minimum atomic E-state index is -0.347. The first-order chi connectivity index (χ1) is 22.3. The molecule has 13 nitrogen and oxygen atoms in total. The summed E-state index contributed by atoms with van der Waals surface area (Å²) >= 11 is 0. The van der Waals surface area contributed by atoms with Gasteiger partial charge in [-0.2, -0.15) is 4.98 Å². The monoisotopic (exact) mass is 626 g/mol. The number of rotatable bonds is 12. The molecular formula is C33H38N8O5. The fourth-order valence-electron chi connectivity index (χ4n) is 5.41. The second-order valence-corrected chi connectivity index (χ2v) is 10.7. The number of amides is 4. The number of carbonyl (C=O) groups excluding carboxylic acids is 3. The highest BCUT2D eigenvalue weighted by molar-refractivity contribution is 6.06. The van der Waals surface area contributed by atoms with E-state index < -0.39 is 0 Å². The molecule has 4 amide bonds. The molecule has 1 fully saturated rings. The molecule has 0 radical (unpaired) electrons. The zero-order valence-electron chi connectivity index (χ0n) is 26.1. The first-order valence-corrected chi connectivity index (χ1v) is 14.9. The summed E-state index contributed by atoms with van der Waals surface area (Å²) in [5, 5.41) is 5.96. The molecule has 2 aliphatic rings. The first-order valence-electron chi connectivity index (χ1n) is 14.9. The molecule has 0 unspecified atom stereocenters. The molecular weight excluding hydrogens is 588 g/mol. The third-order valence-corrected chi connectivity index (χ3v) is 7.87. The second-order valence-electron chi connectivity index (χ2n) is 10.7. The van der Waals surface area contributed by atoms with Crippen molar-refractivity contribution in [3.63, 3.8) is 0 Å². The molecule has 240 valence electrons. The van der Waals surface area contributed by atoms with Crippen LogP contribution in [0.1, 0.15) is 12.0 Å². The summed E-state index contributed by atoms with van der Waals surface area (Å²) in [7, 11) is 3.13. The molecule has 3 aromatic rings. The highest BCUT2D eigenvalue weighted by atomic mass is 16.5. The molecule has 2 N–H and O–H groups in total. The van der Waals surface area contributed by atoms with Gasteiger partial charge in [-0.15, -0.1) is 0 Å². The maximum atomic E-state index is 14.2. The third-order valence-electron chi connectivity index (χ3n) is 7.87. The van der Waals surface area contributed by atoms with Gasteiger partial charge in [-0.3, -0.25) is 24.3 Å². The van der Waals surface area contributed by atoms with Gasteiger partial charge < -0.3 is 25.0 Å². The highest BCUT2D eigenvalue weighted by Crippen LogP contribution is 2.35. The Kier molecular flexibility index (Phi) is 10.1. The first kappa shape index (κ1) is 32.0. The SMILES string of the molecule is C=CC(=O)Nc1ccccc1Nc1ncc2c(n1)N(CCCN1CCN(C(=O)C=C)CC1)C(=O)N(c1cc(OC)cc(OC)c1)C2. The van der Waals surface area contributed by atoms with Crippen LogP contribution in [0.5, 0.6) is 11.5 Å². The number of methoxy groups -OCH3 is 2. The van der Waals surface area contributed by atoms with E-state index in [1.165, 1.54) is 12.2 Å². The van der Waals surface area contributed by atoms with Gasteiger partial charge in [0.15, 0.2) is 0 Å². The number of hydrogen-bond donors (Lipinski definition) is 2. The van der Waals surface area contributed by atoms with Crippen LogP contribution in [-0.4, -0.2) is 91.1 Å². The van der Waals surface area contributed by atoms with Crippen LogP contribution in [0.2, 0.25) is 0 Å². The minimum Gasteiger partial charge on any atom is -0.497 e. The number of benzene rings is 2. The molecule has 0 aliphatic carbocycles. The lowest BCUT2D eigenvalue weighted by Gasteiger charge is -2.37. The van der Waals surface area contributed by atoms with E-state index in [0.717, 1.165) is 25.2 Å². The largest absolute Gasteiger partial charge is 0.497 e. The van der Waals surface area contributed by atoms with E-state index in [-0.39, 0.29) is 30.3 Å². The molecule has 0 atom stereocenters. The molecule has 2 aliphatic heterocycles. The van der Waals surface area contributed by atoms with Crippen molar-refractivity contribution in [1.29, 1.82) is 0 Å². The van der Waals surface area contributed by atoms with Crippen LogP contribution >= 0.6 is 0 Å². The van der Waals surface area contributed by atoms with Crippen molar-refractivity contribution >= 4 is 46.7 Å². The van der Waals surface area contributed by atoms with E-state index in [4.69, 9.17) is 14.5 Å². The summed E-state index contributed by atoms with van der Waals surface area (Å²) in [6.45, 7) is 11.3. The van der Waals surface area contributed by atoms with Gasteiger partial charge in [0, 0.05) is 62.7 Å². The molecule has 1 saturated heterocycles. The van der Waals surface area contributed by atoms with Crippen molar-refractivity contribution in [3.05, 3.63) is 79.5 Å². The van der Waals surface area contributed by atoms with Gasteiger partial charge in [0.2, 0.25) is 17.8 Å². The maximum absolute atomic E-state index is 14.2. The summed E-state index contributed by atoms with van der Waals surface area (Å²) in [6, 6.07) is 12.3. The molecule has 3 heterocycles. The Hall–Kier alpha value is -5.43. The van der Waals surface area contributed by atoms with Crippen LogP contribution in [0.25, 0.3) is 0 Å². The summed E-state index contributed by atoms with van der Waals surface area (Å²) < 4.78 is 10.9. The Morgan fingerprint density at radius 3 is 2.30 bits per heavy atom. The predicted molar refractivity (Wildman–Crippen MR) is 177 cm³/mol. The van der Waals surface area contributed by atoms with Gasteiger partial charge in [0.25, 0.3) is 0 Å². The van der Waals surface area contributed by atoms with Gasteiger partial charge >= 0.3 is 6.03 Å². The Morgan fingerprint density at radius 2 is 1.65 bits per heavy atom. The Bertz CT molecular complexity index is 1600. The topological polar surface area (TPSA) is 132 Å². The van der Waals surface area contributed by atoms with E-state index in [1.54, 1.807) is 71.5 Å². The summed E-state index contributed by atoms with van der Waals surface area (Å²) in [6.07, 6.45) is 4.92. The van der Waals surface area contributed by atoms with Crippen molar-refractivity contribution in [3.8, 4) is 11.5 Å². The number of para-hydroxylation sites is 2. The van der Waals surface area contributed by atoms with Gasteiger partial charge in [-0.25, -0.2) is 9.78 Å². The molecule has 13 heteroatoms. The smallest absolute Gasteiger partial charge is 0.330 e. The molecule has 0 saturated carbocycles. The van der Waals surface area contributed by atoms with E-state index in [0.29, 0.717) is 60.4 Å². The number of hydrogen-bond acceptors (Lipinski definition) is 9. The average molecular weight is 627 g/mol. The number of nitrogens with zero attached hydrogens (tertiary/aromatic N) is 6. The van der Waals surface area contributed by atoms with Crippen LogP contribution in [-0.2, 0) is 16.1 Å². The van der Waals surface area contributed by atoms with Crippen molar-refractivity contribution in [2.24, 2.45) is 0 Å². The lowest BCUT2D eigenvalue weighted by Crippen LogP contribution is -2.50. The van der Waals surface area contributed by atoms with Gasteiger partial charge in [0.1, 0.15) is 17.3 Å². The van der Waals surface area contributed by atoms with Crippen LogP contribution in [0, 0.1) is 0 Å². The number of piperazine rings is 1. The fraction of sp³-hybridized carbons (Fsp3) is 0.303. The number of fused-ring (bicyclic) bond motifs is 1. The second kappa shape index (κ2) is 14.6. The fourth-order valence-corrected chi connectivity index (χ4v) is 5.41. The van der Waals surface area contributed by atoms with Gasteiger partial charge in [-0.05, 0) is 37.3 Å². The number of aromatic nitrogens is 2. The van der Waals surface area contributed by atoms with Gasteiger partial charge in [-0.1, -0.05) is 25.3 Å². The molecule has 2 aromatic carbocycles. The summed E-state index contributed by atoms with van der Waals surface area (Å²) in [5.41, 5.74) is 2.51. The lowest BCUT2D eigenvalue weighted by atomic mass is 10.1. The molecule has 46 heavy (non-hydrogen) atoms. The van der Waals surface area contributed by atoms with Crippen LogP contribution in [0.15, 0.2) is 74.0 Å². The van der Waals surface area contributed by atoms with Crippen molar-refractivity contribution in [2.75, 3.05) is 73.9 Å². The van der Waals surface area contributed by atoms with E-state index in [2.05, 4.69) is 33.7 Å². The molecule has 1 aromatic heterocycles. The van der Waals surface area contributed by atoms with Gasteiger partial charge in [0.05, 0.1) is 37.8 Å². The highest BCUT2D eigenvalue weighted by Gasteiger charge is 2.34. The van der Waals surface area contributed by atoms with E-state index in [1.807, 2.05) is 6.07 Å². The van der Waals surface area contributed by atoms with E-state index in [9.17, 15) is 14.4 Å². The number of urea groups is 1. The Morgan fingerprint density at radius 1 is 0.957 bits per heavy atom. The van der Waals surface area contributed by atoms with Crippen LogP contribution < -0.4 is 29.9 Å². The average Bonchev–Trinajstić information content (AvgIpc) is 3.09. The number of nitrogens with one attached hydrogen (secondary N) is 2. The zero-order valence-corrected chi connectivity index (χ0v) is 26.1. The molecule has 0 bridgehead atoms. The predicted octanol–water partition coefficient (Wildman–Crippen LogP) is 4.03. The standard InChI is InChI=1S/C33H38N8O5/c1-5-29(42)35-27-10-7-8-11-28(27)36-32-34-21-23-22-41(24-18-25(45-3)20-26(19-24)46-4)33(44)40(31(23)37-32)13-9-12-38-14-16-39(17-15-38)30(43)6-2/h5-8,10-11,18-21H,1-2,9,12-17,22H2,3-4H3,(H,35,42)(H,34,36,37). The molecule has 5 rings (SSSR count). The summed E-state index contributed by atoms with van der Waals surface area (Å²) in [4.78, 5) is 54.9. The lowest BCUT2D eigenvalue weighted by molar-refractivity contribution is -0.127. The Balaban J connectivity index is 1.40. The zero-order chi connectivity index (χ0) is 32.6. The third kappa shape index (κ3) is 7.26. The number of carbonyl (C=O) groups is 3. The minimum absolute atomic E-state index is 0.0563. The summed E-state index contributed by atoms with van der Waals surface area (Å²) in [5.74, 6) is 1.50. The maximum Gasteiger partial charge on any atom is 0.330 e. The Labute approximate surface area is 268 Å². The van der Waals surface area contributed by atoms with Crippen LogP contribution in [0.3, 0.4) is 0 Å². The van der Waals surface area contributed by atoms with Crippen LogP contribution in [0.4, 0.5) is 33.6 Å². The molecule has 0 spiro atoms. The quantitative estimate of drug-likeness (QED) is 0.286. The van der Waals surface area contributed by atoms with Crippen molar-refractivity contribution < 1.29 is 23.9 Å². The number of anilines is 5.